The summed E-state index contributed by atoms with van der Waals surface area (Å²) in [6.45, 7) is 9.63. The minimum atomic E-state index is -1.62. The van der Waals surface area contributed by atoms with Crippen LogP contribution in [0, 0.1) is 0 Å². The fourth-order valence-corrected chi connectivity index (χ4v) is 3.44. The van der Waals surface area contributed by atoms with Gasteiger partial charge in [0.2, 0.25) is 0 Å². The highest BCUT2D eigenvalue weighted by atomic mass is 28.4. The van der Waals surface area contributed by atoms with E-state index in [2.05, 4.69) is 67.2 Å². The van der Waals surface area contributed by atoms with Crippen LogP contribution in [0.25, 0.3) is 0 Å². The average Bonchev–Trinajstić information content (AvgIpc) is 2.52. The number of nitrogens with one attached hydrogen (secondary N) is 1. The Kier molecular flexibility index (Phi) is 5.88. The summed E-state index contributed by atoms with van der Waals surface area (Å²) < 4.78 is 6.35. The number of pyridine rings is 1. The Morgan fingerprint density at radius 3 is 2.32 bits per heavy atom. The van der Waals surface area contributed by atoms with E-state index in [1.807, 2.05) is 18.3 Å². The Bertz CT molecular complexity index is 554. The summed E-state index contributed by atoms with van der Waals surface area (Å²) in [5, 5.41) is 3.59. The highest BCUT2D eigenvalue weighted by Crippen LogP contribution is 2.22. The Labute approximate surface area is 134 Å². The van der Waals surface area contributed by atoms with E-state index in [0.717, 1.165) is 12.1 Å². The molecule has 2 rings (SSSR count). The molecule has 2 atom stereocenters. The van der Waals surface area contributed by atoms with Gasteiger partial charge in [0.1, 0.15) is 0 Å². The van der Waals surface area contributed by atoms with Gasteiger partial charge in [0.05, 0.1) is 6.10 Å². The highest BCUT2D eigenvalue weighted by Gasteiger charge is 2.23. The summed E-state index contributed by atoms with van der Waals surface area (Å²) in [5.41, 5.74) is 2.43. The van der Waals surface area contributed by atoms with Crippen LogP contribution in [0.4, 0.5) is 0 Å². The molecular weight excluding hydrogens is 288 g/mol. The minimum Gasteiger partial charge on any atom is -0.409 e. The van der Waals surface area contributed by atoms with Crippen LogP contribution >= 0.6 is 0 Å². The lowest BCUT2D eigenvalue weighted by Gasteiger charge is -2.28. The van der Waals surface area contributed by atoms with Gasteiger partial charge in [-0.25, -0.2) is 0 Å². The fourth-order valence-electron chi connectivity index (χ4n) is 2.36. The molecule has 0 radical (unpaired) electrons. The van der Waals surface area contributed by atoms with Crippen molar-refractivity contribution in [3.8, 4) is 0 Å². The van der Waals surface area contributed by atoms with Crippen LogP contribution in [-0.4, -0.2) is 19.8 Å². The van der Waals surface area contributed by atoms with E-state index in [-0.39, 0.29) is 6.10 Å². The summed E-state index contributed by atoms with van der Waals surface area (Å²) in [6.07, 6.45) is 3.75. The van der Waals surface area contributed by atoms with Gasteiger partial charge in [0.25, 0.3) is 0 Å². The Morgan fingerprint density at radius 2 is 1.73 bits per heavy atom. The molecule has 2 aromatic rings. The first kappa shape index (κ1) is 16.9. The third-order valence-electron chi connectivity index (χ3n) is 3.46. The average molecular weight is 315 g/mol. The summed E-state index contributed by atoms with van der Waals surface area (Å²) >= 11 is 0. The Morgan fingerprint density at radius 1 is 1.05 bits per heavy atom. The zero-order valence-electron chi connectivity index (χ0n) is 13.9. The first-order valence-corrected chi connectivity index (χ1v) is 11.2. The standard InChI is InChI=1S/C18H26N2OSi/c1-15(16-9-6-5-7-10-16)20-14-18(21-22(2,3)4)17-11-8-12-19-13-17/h5-13,15,18,20H,14H2,1-4H3. The quantitative estimate of drug-likeness (QED) is 0.773. The summed E-state index contributed by atoms with van der Waals surface area (Å²) in [7, 11) is -1.62. The predicted octanol–water partition coefficient (Wildman–Crippen LogP) is 4.33. The lowest BCUT2D eigenvalue weighted by Crippen LogP contribution is -2.34. The van der Waals surface area contributed by atoms with Crippen LogP contribution in [-0.2, 0) is 4.43 Å². The van der Waals surface area contributed by atoms with Crippen molar-refractivity contribution in [3.63, 3.8) is 0 Å². The molecule has 0 saturated carbocycles. The van der Waals surface area contributed by atoms with Crippen LogP contribution in [0.5, 0.6) is 0 Å². The number of nitrogens with zero attached hydrogens (tertiary/aromatic N) is 1. The second-order valence-corrected chi connectivity index (χ2v) is 11.0. The molecule has 4 heteroatoms. The van der Waals surface area contributed by atoms with Crippen molar-refractivity contribution in [1.82, 2.24) is 10.3 Å². The zero-order chi connectivity index (χ0) is 16.0. The van der Waals surface area contributed by atoms with Gasteiger partial charge in [0, 0.05) is 25.0 Å². The minimum absolute atomic E-state index is 0.0477. The number of aromatic nitrogens is 1. The van der Waals surface area contributed by atoms with Crippen molar-refractivity contribution in [1.29, 1.82) is 0 Å². The maximum absolute atomic E-state index is 6.35. The Balaban J connectivity index is 2.04. The van der Waals surface area contributed by atoms with Gasteiger partial charge in [-0.1, -0.05) is 36.4 Å². The fraction of sp³-hybridized carbons (Fsp3) is 0.389. The molecule has 1 aromatic carbocycles. The topological polar surface area (TPSA) is 34.1 Å². The predicted molar refractivity (Wildman–Crippen MR) is 94.3 cm³/mol. The molecule has 0 spiro atoms. The molecule has 0 fully saturated rings. The summed E-state index contributed by atoms with van der Waals surface area (Å²) in [4.78, 5) is 4.23. The van der Waals surface area contributed by atoms with Crippen molar-refractivity contribution < 1.29 is 4.43 Å². The van der Waals surface area contributed by atoms with Gasteiger partial charge < -0.3 is 9.74 Å². The lowest BCUT2D eigenvalue weighted by molar-refractivity contribution is 0.189. The van der Waals surface area contributed by atoms with E-state index >= 15 is 0 Å². The highest BCUT2D eigenvalue weighted by molar-refractivity contribution is 6.69. The molecule has 0 bridgehead atoms. The van der Waals surface area contributed by atoms with Crippen molar-refractivity contribution in [2.45, 2.75) is 38.7 Å². The molecule has 1 heterocycles. The van der Waals surface area contributed by atoms with Gasteiger partial charge in [-0.2, -0.15) is 0 Å². The lowest BCUT2D eigenvalue weighted by atomic mass is 10.1. The number of rotatable bonds is 7. The SMILES string of the molecule is CC(NCC(O[Si](C)(C)C)c1cccnc1)c1ccccc1. The third kappa shape index (κ3) is 5.37. The number of hydrogen-bond donors (Lipinski definition) is 1. The van der Waals surface area contributed by atoms with E-state index in [1.165, 1.54) is 5.56 Å². The van der Waals surface area contributed by atoms with Gasteiger partial charge in [-0.3, -0.25) is 4.98 Å². The maximum Gasteiger partial charge on any atom is 0.184 e. The maximum atomic E-state index is 6.35. The van der Waals surface area contributed by atoms with Crippen molar-refractivity contribution in [3.05, 3.63) is 66.0 Å². The van der Waals surface area contributed by atoms with E-state index in [0.29, 0.717) is 6.04 Å². The number of benzene rings is 1. The molecule has 0 saturated heterocycles. The number of hydrogen-bond acceptors (Lipinski definition) is 3. The second kappa shape index (κ2) is 7.67. The second-order valence-electron chi connectivity index (χ2n) is 6.55. The summed E-state index contributed by atoms with van der Waals surface area (Å²) in [5.74, 6) is 0. The first-order chi connectivity index (χ1) is 10.5. The third-order valence-corrected chi connectivity index (χ3v) is 4.45. The van der Waals surface area contributed by atoms with Gasteiger partial charge in [-0.15, -0.1) is 0 Å². The van der Waals surface area contributed by atoms with Crippen LogP contribution in [0.15, 0.2) is 54.9 Å². The van der Waals surface area contributed by atoms with E-state index in [9.17, 15) is 0 Å². The van der Waals surface area contributed by atoms with Crippen LogP contribution in [0.3, 0.4) is 0 Å². The largest absolute Gasteiger partial charge is 0.409 e. The van der Waals surface area contributed by atoms with E-state index in [4.69, 9.17) is 4.43 Å². The Hall–Kier alpha value is -1.49. The zero-order valence-corrected chi connectivity index (χ0v) is 14.9. The van der Waals surface area contributed by atoms with Crippen molar-refractivity contribution in [2.24, 2.45) is 0 Å². The molecule has 22 heavy (non-hydrogen) atoms. The molecule has 3 nitrogen and oxygen atoms in total. The molecule has 2 unspecified atom stereocenters. The molecule has 1 aromatic heterocycles. The van der Waals surface area contributed by atoms with E-state index < -0.39 is 8.32 Å². The molecule has 0 aliphatic carbocycles. The normalized spacial score (nSPS) is 14.5. The van der Waals surface area contributed by atoms with Crippen molar-refractivity contribution in [2.75, 3.05) is 6.54 Å². The summed E-state index contributed by atoms with van der Waals surface area (Å²) in [6, 6.07) is 14.8. The molecule has 0 amide bonds. The molecule has 0 aliphatic heterocycles. The molecule has 1 N–H and O–H groups in total. The van der Waals surface area contributed by atoms with E-state index in [1.54, 1.807) is 6.20 Å². The molecule has 0 aliphatic rings. The smallest absolute Gasteiger partial charge is 0.184 e. The van der Waals surface area contributed by atoms with Crippen molar-refractivity contribution >= 4 is 8.32 Å². The van der Waals surface area contributed by atoms with Gasteiger partial charge >= 0.3 is 0 Å². The van der Waals surface area contributed by atoms with Crippen LogP contribution in [0.1, 0.15) is 30.2 Å². The molecule has 118 valence electrons. The molecular formula is C18H26N2OSi. The first-order valence-electron chi connectivity index (χ1n) is 7.82. The monoisotopic (exact) mass is 314 g/mol. The van der Waals surface area contributed by atoms with Crippen LogP contribution in [0.2, 0.25) is 19.6 Å². The van der Waals surface area contributed by atoms with Gasteiger partial charge in [0.15, 0.2) is 8.32 Å². The van der Waals surface area contributed by atoms with Gasteiger partial charge in [-0.05, 0) is 43.8 Å². The van der Waals surface area contributed by atoms with Crippen LogP contribution < -0.4 is 5.32 Å².